The minimum Gasteiger partial charge on any atom is -0.342 e. The van der Waals surface area contributed by atoms with Crippen LogP contribution in [0.4, 0.5) is 5.69 Å². The molecule has 2 heterocycles. The fraction of sp³-hybridized carbons (Fsp3) is 0.389. The Kier molecular flexibility index (Phi) is 6.63. The van der Waals surface area contributed by atoms with Crippen molar-refractivity contribution < 1.29 is 14.5 Å². The second kappa shape index (κ2) is 9.16. The van der Waals surface area contributed by atoms with Crippen molar-refractivity contribution in [1.29, 1.82) is 0 Å². The van der Waals surface area contributed by atoms with Gasteiger partial charge in [0.1, 0.15) is 0 Å². The normalized spacial score (nSPS) is 14.6. The van der Waals surface area contributed by atoms with Crippen LogP contribution in [-0.4, -0.2) is 50.8 Å². The first-order chi connectivity index (χ1) is 13.5. The van der Waals surface area contributed by atoms with E-state index in [1.165, 1.54) is 35.2 Å². The number of rotatable bonds is 7. The first-order valence-electron chi connectivity index (χ1n) is 8.81. The minimum absolute atomic E-state index is 0.00615. The van der Waals surface area contributed by atoms with Gasteiger partial charge in [-0.3, -0.25) is 19.7 Å². The zero-order valence-corrected chi connectivity index (χ0v) is 16.8. The summed E-state index contributed by atoms with van der Waals surface area (Å²) in [6, 6.07) is 4.56. The highest BCUT2D eigenvalue weighted by Gasteiger charge is 2.18. The van der Waals surface area contributed by atoms with Crippen LogP contribution in [0.15, 0.2) is 35.8 Å². The number of allylic oxidation sites excluding steroid dienone is 1. The molecule has 0 N–H and O–H groups in total. The van der Waals surface area contributed by atoms with Gasteiger partial charge in [-0.25, -0.2) is 0 Å². The van der Waals surface area contributed by atoms with E-state index in [4.69, 9.17) is 0 Å². The summed E-state index contributed by atoms with van der Waals surface area (Å²) in [6.07, 6.45) is 3.76. The summed E-state index contributed by atoms with van der Waals surface area (Å²) in [6.45, 7) is 5.75. The number of amides is 2. The Morgan fingerprint density at radius 2 is 2.07 bits per heavy atom. The molecular formula is C18H20N4O4S2. The highest BCUT2D eigenvalue weighted by molar-refractivity contribution is 8.00. The Morgan fingerprint density at radius 3 is 2.75 bits per heavy atom. The summed E-state index contributed by atoms with van der Waals surface area (Å²) in [5.41, 5.74) is 0.757. The van der Waals surface area contributed by atoms with Crippen LogP contribution in [0.5, 0.6) is 0 Å². The monoisotopic (exact) mass is 420 g/mol. The molecular weight excluding hydrogens is 400 g/mol. The van der Waals surface area contributed by atoms with Gasteiger partial charge < -0.3 is 9.47 Å². The molecule has 1 saturated heterocycles. The lowest BCUT2D eigenvalue weighted by molar-refractivity contribution is -0.384. The molecule has 0 bridgehead atoms. The molecule has 1 aliphatic rings. The van der Waals surface area contributed by atoms with Crippen LogP contribution in [0, 0.1) is 10.1 Å². The summed E-state index contributed by atoms with van der Waals surface area (Å²) in [5.74, 6) is 0.110. The molecule has 1 aliphatic heterocycles. The van der Waals surface area contributed by atoms with E-state index in [1.54, 1.807) is 16.7 Å². The molecule has 28 heavy (non-hydrogen) atoms. The molecule has 148 valence electrons. The Hall–Kier alpha value is -2.46. The van der Waals surface area contributed by atoms with Gasteiger partial charge in [0.2, 0.25) is 5.91 Å². The lowest BCUT2D eigenvalue weighted by Crippen LogP contribution is -2.29. The smallest absolute Gasteiger partial charge is 0.270 e. The van der Waals surface area contributed by atoms with E-state index in [1.807, 2.05) is 4.90 Å². The van der Waals surface area contributed by atoms with E-state index in [0.29, 0.717) is 16.0 Å². The average molecular weight is 421 g/mol. The molecule has 1 aromatic carbocycles. The van der Waals surface area contributed by atoms with Crippen molar-refractivity contribution in [1.82, 2.24) is 9.47 Å². The first-order valence-corrected chi connectivity index (χ1v) is 10.8. The molecule has 8 nitrogen and oxygen atoms in total. The van der Waals surface area contributed by atoms with E-state index in [9.17, 15) is 19.7 Å². The first kappa shape index (κ1) is 20.3. The Labute approximate surface area is 169 Å². The zero-order valence-electron chi connectivity index (χ0n) is 15.2. The molecule has 2 aromatic rings. The predicted octanol–water partition coefficient (Wildman–Crippen LogP) is 2.58. The number of fused-ring (bicyclic) bond motifs is 1. The Morgan fingerprint density at radius 1 is 1.32 bits per heavy atom. The van der Waals surface area contributed by atoms with E-state index < -0.39 is 4.92 Å². The largest absolute Gasteiger partial charge is 0.342 e. The van der Waals surface area contributed by atoms with Crippen LogP contribution in [0.2, 0.25) is 0 Å². The van der Waals surface area contributed by atoms with Gasteiger partial charge in [0.25, 0.3) is 11.6 Å². The molecule has 0 spiro atoms. The van der Waals surface area contributed by atoms with Gasteiger partial charge in [-0.1, -0.05) is 17.4 Å². The molecule has 1 aromatic heterocycles. The summed E-state index contributed by atoms with van der Waals surface area (Å²) in [7, 11) is 0. The molecule has 0 atom stereocenters. The molecule has 10 heteroatoms. The molecule has 0 unspecified atom stereocenters. The standard InChI is InChI=1S/C18H20N4O4S2/c1-2-7-21-14-6-5-13(22(25)26)10-15(14)28-18(21)19-16(23)11-27-12-17(24)20-8-3-4-9-20/h2,5-6,10H,1,3-4,7-9,11-12H2. The van der Waals surface area contributed by atoms with E-state index >= 15 is 0 Å². The summed E-state index contributed by atoms with van der Waals surface area (Å²) in [5, 5.41) is 11.0. The number of nitro groups is 1. The maximum absolute atomic E-state index is 12.3. The third-order valence-corrected chi connectivity index (χ3v) is 6.26. The fourth-order valence-electron chi connectivity index (χ4n) is 2.99. The summed E-state index contributed by atoms with van der Waals surface area (Å²) < 4.78 is 2.48. The van der Waals surface area contributed by atoms with Crippen molar-refractivity contribution >= 4 is 50.8 Å². The molecule has 2 amide bonds. The maximum Gasteiger partial charge on any atom is 0.270 e. The third kappa shape index (κ3) is 4.68. The molecule has 3 rings (SSSR count). The van der Waals surface area contributed by atoms with Crippen molar-refractivity contribution in [2.45, 2.75) is 19.4 Å². The highest BCUT2D eigenvalue weighted by Crippen LogP contribution is 2.23. The molecule has 0 radical (unpaired) electrons. The zero-order chi connectivity index (χ0) is 20.1. The quantitative estimate of drug-likeness (QED) is 0.390. The van der Waals surface area contributed by atoms with Crippen molar-refractivity contribution in [2.75, 3.05) is 24.6 Å². The third-order valence-electron chi connectivity index (χ3n) is 4.32. The highest BCUT2D eigenvalue weighted by atomic mass is 32.2. The predicted molar refractivity (Wildman–Crippen MR) is 110 cm³/mol. The SMILES string of the molecule is C=CCn1c(=NC(=O)CSCC(=O)N2CCCC2)sc2cc([N+](=O)[O-])ccc21. The van der Waals surface area contributed by atoms with Gasteiger partial charge in [0, 0.05) is 31.8 Å². The van der Waals surface area contributed by atoms with Crippen LogP contribution >= 0.6 is 23.1 Å². The summed E-state index contributed by atoms with van der Waals surface area (Å²) >= 11 is 2.48. The van der Waals surface area contributed by atoms with Crippen molar-refractivity contribution in [3.05, 3.63) is 45.8 Å². The number of carbonyl (C=O) groups excluding carboxylic acids is 2. The minimum atomic E-state index is -0.451. The number of hydrogen-bond acceptors (Lipinski definition) is 6. The number of nitrogens with zero attached hydrogens (tertiary/aromatic N) is 4. The van der Waals surface area contributed by atoms with Crippen LogP contribution in [0.3, 0.4) is 0 Å². The molecule has 1 fully saturated rings. The van der Waals surface area contributed by atoms with E-state index in [-0.39, 0.29) is 29.0 Å². The van der Waals surface area contributed by atoms with Gasteiger partial charge >= 0.3 is 0 Å². The maximum atomic E-state index is 12.3. The number of non-ortho nitro benzene ring substituents is 1. The van der Waals surface area contributed by atoms with E-state index in [0.717, 1.165) is 31.4 Å². The Balaban J connectivity index is 1.74. The number of carbonyl (C=O) groups is 2. The van der Waals surface area contributed by atoms with Gasteiger partial charge in [-0.15, -0.1) is 18.3 Å². The average Bonchev–Trinajstić information content (AvgIpc) is 3.30. The number of likely N-dealkylation sites (tertiary alicyclic amines) is 1. The van der Waals surface area contributed by atoms with Crippen molar-refractivity contribution in [2.24, 2.45) is 4.99 Å². The van der Waals surface area contributed by atoms with Crippen LogP contribution in [0.25, 0.3) is 10.2 Å². The Bertz CT molecular complexity index is 989. The van der Waals surface area contributed by atoms with Crippen LogP contribution < -0.4 is 4.80 Å². The van der Waals surface area contributed by atoms with Crippen molar-refractivity contribution in [3.8, 4) is 0 Å². The molecule has 0 saturated carbocycles. The second-order valence-electron chi connectivity index (χ2n) is 6.28. The second-order valence-corrected chi connectivity index (χ2v) is 8.27. The lowest BCUT2D eigenvalue weighted by Gasteiger charge is -2.14. The van der Waals surface area contributed by atoms with Crippen LogP contribution in [0.1, 0.15) is 12.8 Å². The molecule has 0 aliphatic carbocycles. The fourth-order valence-corrected chi connectivity index (χ4v) is 4.78. The summed E-state index contributed by atoms with van der Waals surface area (Å²) in [4.78, 5) is 41.3. The van der Waals surface area contributed by atoms with Gasteiger partial charge in [0.05, 0.1) is 26.6 Å². The van der Waals surface area contributed by atoms with Gasteiger partial charge in [-0.2, -0.15) is 4.99 Å². The topological polar surface area (TPSA) is 97.8 Å². The number of benzene rings is 1. The number of aromatic nitrogens is 1. The number of thiazole rings is 1. The van der Waals surface area contributed by atoms with E-state index in [2.05, 4.69) is 11.6 Å². The van der Waals surface area contributed by atoms with Gasteiger partial charge in [-0.05, 0) is 18.9 Å². The number of thioether (sulfide) groups is 1. The van der Waals surface area contributed by atoms with Crippen LogP contribution in [-0.2, 0) is 16.1 Å². The van der Waals surface area contributed by atoms with Crippen molar-refractivity contribution in [3.63, 3.8) is 0 Å². The lowest BCUT2D eigenvalue weighted by atomic mass is 10.3. The van der Waals surface area contributed by atoms with Gasteiger partial charge in [0.15, 0.2) is 4.80 Å². The number of hydrogen-bond donors (Lipinski definition) is 0. The number of nitro benzene ring substituents is 1.